The number of rotatable bonds is 5. The van der Waals surface area contributed by atoms with Gasteiger partial charge in [0.2, 0.25) is 0 Å². The van der Waals surface area contributed by atoms with Gasteiger partial charge in [-0.25, -0.2) is 21.8 Å². The van der Waals surface area contributed by atoms with Crippen molar-refractivity contribution in [3.63, 3.8) is 0 Å². The second kappa shape index (κ2) is 39.5. The number of hydrogen-bond acceptors (Lipinski definition) is 7. The number of sulfone groups is 1. The van der Waals surface area contributed by atoms with E-state index in [-0.39, 0.29) is 23.9 Å². The molecule has 4 rings (SSSR count). The maximum absolute atomic E-state index is 14.8. The Labute approximate surface area is 445 Å². The maximum atomic E-state index is 14.8. The van der Waals surface area contributed by atoms with Gasteiger partial charge in [-0.2, -0.15) is 11.1 Å². The number of hydrazine groups is 3. The molecule has 1 saturated carbocycles. The van der Waals surface area contributed by atoms with Crippen LogP contribution in [0.2, 0.25) is 0 Å². The summed E-state index contributed by atoms with van der Waals surface area (Å²) in [7, 11) is -7.79. The van der Waals surface area contributed by atoms with E-state index in [1.165, 1.54) is 229 Å². The smallest absolute Gasteiger partial charge is 0.227 e. The number of hydrogen-bond donors (Lipinski definition) is 2. The summed E-state index contributed by atoms with van der Waals surface area (Å²) in [5.41, 5.74) is 8.87. The first-order valence-electron chi connectivity index (χ1n) is 30.9. The van der Waals surface area contributed by atoms with Crippen LogP contribution in [-0.2, 0) is 19.9 Å². The van der Waals surface area contributed by atoms with E-state index in [2.05, 4.69) is 16.1 Å². The van der Waals surface area contributed by atoms with Crippen molar-refractivity contribution in [3.05, 3.63) is 59.7 Å². The molecule has 2 fully saturated rings. The van der Waals surface area contributed by atoms with Crippen LogP contribution in [0.3, 0.4) is 0 Å². The largest absolute Gasteiger partial charge is 0.256 e. The van der Waals surface area contributed by atoms with Gasteiger partial charge in [0.25, 0.3) is 10.0 Å². The van der Waals surface area contributed by atoms with Crippen molar-refractivity contribution in [1.29, 1.82) is 0 Å². The minimum absolute atomic E-state index is 0.0253. The highest BCUT2D eigenvalue weighted by Crippen LogP contribution is 2.27. The van der Waals surface area contributed by atoms with Gasteiger partial charge >= 0.3 is 0 Å². The van der Waals surface area contributed by atoms with Gasteiger partial charge in [-0.1, -0.05) is 286 Å². The van der Waals surface area contributed by atoms with Gasteiger partial charge in [-0.15, -0.1) is 4.41 Å². The first-order valence-corrected chi connectivity index (χ1v) is 33.8. The molecule has 1 atom stereocenters. The highest BCUT2D eigenvalue weighted by molar-refractivity contribution is 7.92. The van der Waals surface area contributed by atoms with Crippen LogP contribution in [0.4, 0.5) is 0 Å². The number of benzene rings is 2. The fraction of sp³-hybridized carbons (Fsp3) is 0.806. The molecule has 2 aromatic carbocycles. The average molecular weight is 1040 g/mol. The van der Waals surface area contributed by atoms with E-state index in [0.717, 1.165) is 62.6 Å². The molecule has 8 nitrogen and oxygen atoms in total. The van der Waals surface area contributed by atoms with Gasteiger partial charge in [-0.05, 0) is 70.2 Å². The lowest BCUT2D eigenvalue weighted by Crippen LogP contribution is -2.59. The van der Waals surface area contributed by atoms with Crippen molar-refractivity contribution >= 4 is 19.9 Å². The normalized spacial score (nSPS) is 23.2. The molecule has 1 heterocycles. The molecule has 10 heteroatoms. The topological polar surface area (TPSA) is 98.8 Å². The van der Waals surface area contributed by atoms with E-state index < -0.39 is 25.1 Å². The van der Waals surface area contributed by atoms with Crippen LogP contribution >= 0.6 is 0 Å². The second-order valence-corrected chi connectivity index (χ2v) is 26.8. The first-order chi connectivity index (χ1) is 35.2. The van der Waals surface area contributed by atoms with Gasteiger partial charge in [-0.3, -0.25) is 0 Å². The van der Waals surface area contributed by atoms with Crippen LogP contribution in [0.1, 0.15) is 294 Å². The molecule has 2 aliphatic rings. The lowest BCUT2D eigenvalue weighted by molar-refractivity contribution is 0.0419. The highest BCUT2D eigenvalue weighted by atomic mass is 32.2. The lowest BCUT2D eigenvalue weighted by Gasteiger charge is -2.35. The second-order valence-electron chi connectivity index (χ2n) is 22.7. The summed E-state index contributed by atoms with van der Waals surface area (Å²) in [5, 5.41) is 1.65. The standard InChI is InChI=1S/C62H110N4O4S2/c1-57-46-50-61(51-47-57)71(67,68)60-45-41-37-33-29-25-21-17-13-10-14-18-22-26-30-34-38-42-55-65(63-64-66(56-54-60)72(69,70)62-52-48-58(2)49-53-62)59-43-39-35-31-27-23-19-15-11-8-6-4-3-5-7-9-12-16-20-24-28-32-36-40-44-59/h46-53,59-60,63-64H,3-45,54-56H2,1-2H3. The molecule has 414 valence electrons. The fourth-order valence-corrected chi connectivity index (χ4v) is 14.4. The van der Waals surface area contributed by atoms with Crippen LogP contribution in [-0.4, -0.2) is 50.6 Å². The van der Waals surface area contributed by atoms with Gasteiger partial charge < -0.3 is 0 Å². The maximum Gasteiger partial charge on any atom is 0.256 e. The Morgan fingerprint density at radius 3 is 0.972 bits per heavy atom. The number of nitrogens with zero attached hydrogens (tertiary/aromatic N) is 2. The van der Waals surface area contributed by atoms with Crippen molar-refractivity contribution < 1.29 is 16.8 Å². The highest BCUT2D eigenvalue weighted by Gasteiger charge is 2.32. The summed E-state index contributed by atoms with van der Waals surface area (Å²) in [6.07, 6.45) is 54.6. The molecular formula is C62H110N4O4S2. The van der Waals surface area contributed by atoms with Crippen LogP contribution in [0, 0.1) is 13.8 Å². The SMILES string of the molecule is Cc1ccc(S(=O)(=O)C2CCCCCCCCCCCCCCCCCCCN(C3CCCCCCCCCCCCCCCCCCCCCCCCC3)NNN(S(=O)(=O)c3ccc(C)cc3)CC2)cc1. The average Bonchev–Trinajstić information content (AvgIpc) is 3.37. The summed E-state index contributed by atoms with van der Waals surface area (Å²) in [4.78, 5) is 0.527. The monoisotopic (exact) mass is 1040 g/mol. The molecule has 1 aliphatic heterocycles. The zero-order valence-electron chi connectivity index (χ0n) is 46.6. The molecule has 0 spiro atoms. The molecule has 0 amide bonds. The molecule has 0 radical (unpaired) electrons. The predicted octanol–water partition coefficient (Wildman–Crippen LogP) is 17.9. The van der Waals surface area contributed by atoms with E-state index in [4.69, 9.17) is 0 Å². The third-order valence-corrected chi connectivity index (χ3v) is 20.3. The Kier molecular flexibility index (Phi) is 34.4. The van der Waals surface area contributed by atoms with Crippen LogP contribution < -0.4 is 11.1 Å². The number of aryl methyl sites for hydroxylation is 2. The van der Waals surface area contributed by atoms with Gasteiger partial charge in [0.1, 0.15) is 0 Å². The quantitative estimate of drug-likeness (QED) is 0.308. The third kappa shape index (κ3) is 27.3. The van der Waals surface area contributed by atoms with Crippen LogP contribution in [0.15, 0.2) is 58.3 Å². The Morgan fingerprint density at radius 2 is 0.625 bits per heavy atom. The molecule has 2 aromatic rings. The van der Waals surface area contributed by atoms with Crippen molar-refractivity contribution in [2.24, 2.45) is 0 Å². The fourth-order valence-electron chi connectivity index (χ4n) is 11.4. The van der Waals surface area contributed by atoms with Crippen molar-refractivity contribution in [2.75, 3.05) is 13.1 Å². The summed E-state index contributed by atoms with van der Waals surface area (Å²) < 4.78 is 60.0. The Morgan fingerprint density at radius 1 is 0.333 bits per heavy atom. The van der Waals surface area contributed by atoms with E-state index in [0.29, 0.717) is 11.3 Å². The molecule has 72 heavy (non-hydrogen) atoms. The molecule has 2 N–H and O–H groups in total. The zero-order chi connectivity index (χ0) is 51.2. The first kappa shape index (κ1) is 62.7. The van der Waals surface area contributed by atoms with Crippen LogP contribution in [0.25, 0.3) is 0 Å². The summed E-state index contributed by atoms with van der Waals surface area (Å²) in [6, 6.07) is 14.5. The Balaban J connectivity index is 1.56. The van der Waals surface area contributed by atoms with E-state index in [1.54, 1.807) is 24.3 Å². The van der Waals surface area contributed by atoms with E-state index in [9.17, 15) is 16.8 Å². The number of nitrogens with one attached hydrogen (secondary N) is 2. The van der Waals surface area contributed by atoms with Crippen LogP contribution in [0.5, 0.6) is 0 Å². The third-order valence-electron chi connectivity index (χ3n) is 16.3. The van der Waals surface area contributed by atoms with E-state index >= 15 is 0 Å². The van der Waals surface area contributed by atoms with Crippen molar-refractivity contribution in [2.45, 2.75) is 317 Å². The molecule has 1 aliphatic carbocycles. The van der Waals surface area contributed by atoms with Crippen molar-refractivity contribution in [1.82, 2.24) is 20.5 Å². The van der Waals surface area contributed by atoms with Crippen molar-refractivity contribution in [3.8, 4) is 0 Å². The molecular weight excluding hydrogens is 929 g/mol. The molecule has 0 aromatic heterocycles. The van der Waals surface area contributed by atoms with E-state index in [1.807, 2.05) is 38.1 Å². The van der Waals surface area contributed by atoms with Gasteiger partial charge in [0.15, 0.2) is 9.84 Å². The minimum atomic E-state index is -4.06. The molecule has 0 bridgehead atoms. The molecule has 1 unspecified atom stereocenters. The Hall–Kier alpha value is -1.82. The zero-order valence-corrected chi connectivity index (χ0v) is 48.3. The lowest BCUT2D eigenvalue weighted by atomic mass is 9.98. The van der Waals surface area contributed by atoms with Gasteiger partial charge in [0.05, 0.1) is 15.0 Å². The van der Waals surface area contributed by atoms with Gasteiger partial charge in [0, 0.05) is 19.1 Å². The predicted molar refractivity (Wildman–Crippen MR) is 307 cm³/mol. The summed E-state index contributed by atoms with van der Waals surface area (Å²) in [5.74, 6) is 0. The minimum Gasteiger partial charge on any atom is -0.227 e. The number of sulfonamides is 1. The summed E-state index contributed by atoms with van der Waals surface area (Å²) >= 11 is 0. The Bertz CT molecular complexity index is 1800. The molecule has 1 saturated heterocycles. The summed E-state index contributed by atoms with van der Waals surface area (Å²) in [6.45, 7) is 4.80.